The molecule has 0 aliphatic heterocycles. The van der Waals surface area contributed by atoms with Gasteiger partial charge in [-0.15, -0.1) is 0 Å². The van der Waals surface area contributed by atoms with Crippen molar-refractivity contribution in [2.75, 3.05) is 0 Å². The lowest BCUT2D eigenvalue weighted by molar-refractivity contribution is 0.215. The summed E-state index contributed by atoms with van der Waals surface area (Å²) in [6.07, 6.45) is 0.917. The van der Waals surface area contributed by atoms with E-state index in [1.165, 1.54) is 0 Å². The van der Waals surface area contributed by atoms with Crippen LogP contribution in [0.4, 0.5) is 0 Å². The van der Waals surface area contributed by atoms with Crippen LogP contribution in [0.15, 0.2) is 97.2 Å². The van der Waals surface area contributed by atoms with E-state index in [-0.39, 0.29) is 5.41 Å². The second-order valence-electron chi connectivity index (χ2n) is 8.99. The maximum absolute atomic E-state index is 10.9. The smallest absolute Gasteiger partial charge is 0.131 e. The molecule has 1 aromatic heterocycles. The fourth-order valence-electron chi connectivity index (χ4n) is 3.82. The third kappa shape index (κ3) is 4.90. The minimum absolute atomic E-state index is 0.0763. The Morgan fingerprint density at radius 2 is 1.59 bits per heavy atom. The number of hydrogen-bond acceptors (Lipinski definition) is 3. The summed E-state index contributed by atoms with van der Waals surface area (Å²) in [6.45, 7) is 7.09. The number of rotatable bonds is 6. The van der Waals surface area contributed by atoms with E-state index in [4.69, 9.17) is 4.74 Å². The van der Waals surface area contributed by atoms with E-state index in [2.05, 4.69) is 62.2 Å². The van der Waals surface area contributed by atoms with Crippen LogP contribution in [0.25, 0.3) is 11.1 Å². The molecule has 4 aromatic rings. The van der Waals surface area contributed by atoms with Crippen LogP contribution in [0.2, 0.25) is 0 Å². The third-order valence-electron chi connectivity index (χ3n) is 5.53. The molecule has 3 nitrogen and oxygen atoms in total. The first kappa shape index (κ1) is 21.8. The predicted octanol–water partition coefficient (Wildman–Crippen LogP) is 6.71. The lowest BCUT2D eigenvalue weighted by Crippen LogP contribution is -2.14. The molecule has 162 valence electrons. The van der Waals surface area contributed by atoms with Crippen molar-refractivity contribution in [3.63, 3.8) is 0 Å². The van der Waals surface area contributed by atoms with Crippen molar-refractivity contribution in [1.29, 1.82) is 0 Å². The first-order valence-corrected chi connectivity index (χ1v) is 10.9. The molecular formula is C29H29NO2. The highest BCUT2D eigenvalue weighted by Crippen LogP contribution is 2.40. The topological polar surface area (TPSA) is 42.4 Å². The van der Waals surface area contributed by atoms with Gasteiger partial charge in [0.05, 0.1) is 5.69 Å². The Morgan fingerprint density at radius 3 is 2.31 bits per heavy atom. The fraction of sp³-hybridized carbons (Fsp3) is 0.207. The van der Waals surface area contributed by atoms with E-state index in [1.807, 2.05) is 54.6 Å². The Bertz CT molecular complexity index is 1160. The molecule has 0 amide bonds. The predicted molar refractivity (Wildman–Crippen MR) is 130 cm³/mol. The molecular weight excluding hydrogens is 394 g/mol. The van der Waals surface area contributed by atoms with Crippen molar-refractivity contribution in [1.82, 2.24) is 4.98 Å². The number of pyridine rings is 1. The van der Waals surface area contributed by atoms with E-state index in [0.717, 1.165) is 33.6 Å². The summed E-state index contributed by atoms with van der Waals surface area (Å²) in [6, 6.07) is 30.1. The van der Waals surface area contributed by atoms with Crippen LogP contribution in [0.5, 0.6) is 5.75 Å². The molecule has 1 atom stereocenters. The van der Waals surface area contributed by atoms with Gasteiger partial charge in [-0.25, -0.2) is 0 Å². The SMILES string of the molecule is CC(C)(C)c1cccc(-c2cccc(C(O)c3ccccn3)c2)c1OCc1ccccc1. The average Bonchev–Trinajstić information content (AvgIpc) is 2.83. The normalized spacial score (nSPS) is 12.4. The molecule has 1 N–H and O–H groups in total. The number of benzene rings is 3. The summed E-state index contributed by atoms with van der Waals surface area (Å²) >= 11 is 0. The molecule has 32 heavy (non-hydrogen) atoms. The van der Waals surface area contributed by atoms with E-state index < -0.39 is 6.10 Å². The molecule has 0 bridgehead atoms. The van der Waals surface area contributed by atoms with Crippen LogP contribution in [0.3, 0.4) is 0 Å². The van der Waals surface area contributed by atoms with E-state index >= 15 is 0 Å². The maximum atomic E-state index is 10.9. The van der Waals surface area contributed by atoms with Gasteiger partial charge in [0.2, 0.25) is 0 Å². The summed E-state index contributed by atoms with van der Waals surface area (Å²) in [5.74, 6) is 0.883. The highest BCUT2D eigenvalue weighted by molar-refractivity contribution is 5.73. The Labute approximate surface area is 190 Å². The minimum Gasteiger partial charge on any atom is -0.488 e. The van der Waals surface area contributed by atoms with Gasteiger partial charge in [0, 0.05) is 17.3 Å². The van der Waals surface area contributed by atoms with Gasteiger partial charge in [-0.3, -0.25) is 4.98 Å². The number of hydrogen-bond donors (Lipinski definition) is 1. The van der Waals surface area contributed by atoms with Gasteiger partial charge < -0.3 is 9.84 Å². The van der Waals surface area contributed by atoms with Crippen LogP contribution in [-0.2, 0) is 12.0 Å². The minimum atomic E-state index is -0.782. The highest BCUT2D eigenvalue weighted by atomic mass is 16.5. The van der Waals surface area contributed by atoms with Gasteiger partial charge >= 0.3 is 0 Å². The Balaban J connectivity index is 1.74. The molecule has 3 aromatic carbocycles. The summed E-state index contributed by atoms with van der Waals surface area (Å²) in [5, 5.41) is 10.9. The van der Waals surface area contributed by atoms with Crippen molar-refractivity contribution in [3.05, 3.63) is 120 Å². The zero-order chi connectivity index (χ0) is 22.6. The first-order valence-electron chi connectivity index (χ1n) is 10.9. The van der Waals surface area contributed by atoms with Gasteiger partial charge in [-0.05, 0) is 40.3 Å². The average molecular weight is 424 g/mol. The number of para-hydroxylation sites is 1. The number of aromatic nitrogens is 1. The molecule has 1 heterocycles. The van der Waals surface area contributed by atoms with Crippen molar-refractivity contribution >= 4 is 0 Å². The van der Waals surface area contributed by atoms with Crippen molar-refractivity contribution in [3.8, 4) is 16.9 Å². The van der Waals surface area contributed by atoms with Gasteiger partial charge in [0.15, 0.2) is 0 Å². The van der Waals surface area contributed by atoms with Gasteiger partial charge in [0.25, 0.3) is 0 Å². The second-order valence-corrected chi connectivity index (χ2v) is 8.99. The highest BCUT2D eigenvalue weighted by Gasteiger charge is 2.22. The summed E-state index contributed by atoms with van der Waals surface area (Å²) in [5.41, 5.74) is 5.66. The van der Waals surface area contributed by atoms with E-state index in [1.54, 1.807) is 6.20 Å². The molecule has 0 saturated heterocycles. The van der Waals surface area contributed by atoms with Gasteiger partial charge in [-0.2, -0.15) is 0 Å². The second kappa shape index (κ2) is 9.37. The van der Waals surface area contributed by atoms with Crippen molar-refractivity contribution in [2.24, 2.45) is 0 Å². The fourth-order valence-corrected chi connectivity index (χ4v) is 3.82. The lowest BCUT2D eigenvalue weighted by atomic mass is 9.84. The van der Waals surface area contributed by atoms with Gasteiger partial charge in [0.1, 0.15) is 18.5 Å². The molecule has 0 spiro atoms. The van der Waals surface area contributed by atoms with Crippen LogP contribution in [0.1, 0.15) is 49.3 Å². The van der Waals surface area contributed by atoms with E-state index in [9.17, 15) is 5.11 Å². The third-order valence-corrected chi connectivity index (χ3v) is 5.53. The molecule has 4 rings (SSSR count). The van der Waals surface area contributed by atoms with Crippen molar-refractivity contribution in [2.45, 2.75) is 38.9 Å². The van der Waals surface area contributed by atoms with Crippen LogP contribution in [0, 0.1) is 0 Å². The number of aliphatic hydroxyl groups is 1. The monoisotopic (exact) mass is 423 g/mol. The quantitative estimate of drug-likeness (QED) is 0.375. The maximum Gasteiger partial charge on any atom is 0.131 e. The zero-order valence-corrected chi connectivity index (χ0v) is 18.8. The Morgan fingerprint density at radius 1 is 0.844 bits per heavy atom. The molecule has 0 aliphatic carbocycles. The summed E-state index contributed by atoms with van der Waals surface area (Å²) < 4.78 is 6.45. The summed E-state index contributed by atoms with van der Waals surface area (Å²) in [7, 11) is 0. The number of nitrogens with zero attached hydrogens (tertiary/aromatic N) is 1. The molecule has 1 unspecified atom stereocenters. The van der Waals surface area contributed by atoms with Gasteiger partial charge in [-0.1, -0.05) is 93.6 Å². The Hall–Kier alpha value is -3.43. The molecule has 0 saturated carbocycles. The largest absolute Gasteiger partial charge is 0.488 e. The Kier molecular flexibility index (Phi) is 6.38. The van der Waals surface area contributed by atoms with E-state index in [0.29, 0.717) is 12.3 Å². The van der Waals surface area contributed by atoms with Crippen molar-refractivity contribution < 1.29 is 9.84 Å². The zero-order valence-electron chi connectivity index (χ0n) is 18.8. The standard InChI is InChI=1S/C29H29NO2/c1-29(2,3)25-16-10-15-24(28(25)32-20-21-11-5-4-6-12-21)22-13-9-14-23(19-22)27(31)26-17-7-8-18-30-26/h4-19,27,31H,20H2,1-3H3. The molecule has 3 heteroatoms. The number of aliphatic hydroxyl groups excluding tert-OH is 1. The summed E-state index contributed by atoms with van der Waals surface area (Å²) in [4.78, 5) is 4.31. The molecule has 0 fully saturated rings. The molecule has 0 aliphatic rings. The first-order chi connectivity index (χ1) is 15.4. The van der Waals surface area contributed by atoms with Crippen LogP contribution >= 0.6 is 0 Å². The van der Waals surface area contributed by atoms with Crippen LogP contribution in [-0.4, -0.2) is 10.1 Å². The lowest BCUT2D eigenvalue weighted by Gasteiger charge is -2.25. The van der Waals surface area contributed by atoms with Crippen LogP contribution < -0.4 is 4.74 Å². The molecule has 0 radical (unpaired) electrons. The number of ether oxygens (including phenoxy) is 1.